The van der Waals surface area contributed by atoms with E-state index >= 15 is 4.39 Å². The summed E-state index contributed by atoms with van der Waals surface area (Å²) in [6.45, 7) is 2.53. The Labute approximate surface area is 218 Å². The molecule has 5 atom stereocenters. The van der Waals surface area contributed by atoms with Crippen molar-refractivity contribution in [3.8, 4) is 5.75 Å². The molecule has 2 aliphatic rings. The number of rotatable bonds is 6. The van der Waals surface area contributed by atoms with Crippen LogP contribution in [0.15, 0.2) is 24.8 Å². The predicted octanol–water partition coefficient (Wildman–Crippen LogP) is 2.41. The number of nitrogens with one attached hydrogen (secondary N) is 1. The molecule has 3 aromatic heterocycles. The van der Waals surface area contributed by atoms with Gasteiger partial charge in [-0.1, -0.05) is 0 Å². The summed E-state index contributed by atoms with van der Waals surface area (Å²) in [5.74, 6) is -0.0178. The van der Waals surface area contributed by atoms with Crippen molar-refractivity contribution in [2.24, 2.45) is 0 Å². The molecular formula is C21H23BrFN6O7P. The van der Waals surface area contributed by atoms with Crippen molar-refractivity contribution >= 4 is 46.5 Å². The number of esters is 1. The van der Waals surface area contributed by atoms with E-state index in [0.717, 1.165) is 0 Å². The maximum atomic E-state index is 15.6. The highest BCUT2D eigenvalue weighted by Gasteiger charge is 2.57. The number of aliphatic hydroxyl groups excluding tert-OH is 1. The summed E-state index contributed by atoms with van der Waals surface area (Å²) in [6, 6.07) is 1.61. The zero-order valence-corrected chi connectivity index (χ0v) is 22.1. The number of carbonyl (C=O) groups excluding carboxylic acids is 1. The molecule has 3 aromatic rings. The third-order valence-corrected chi connectivity index (χ3v) is 8.40. The first-order valence-electron chi connectivity index (χ1n) is 11.1. The van der Waals surface area contributed by atoms with E-state index in [1.165, 1.54) is 24.0 Å². The van der Waals surface area contributed by atoms with Gasteiger partial charge >= 0.3 is 13.7 Å². The molecule has 0 saturated carbocycles. The molecule has 1 saturated heterocycles. The number of anilines is 1. The SMILES string of the molecule is CC(=O)OCc1cnc(C)c2c1CNP(=O)(OC[C@H]1O[C@@H](n3ccc4c(N)ncnc43)C(F)(Br)C1O)O2. The van der Waals surface area contributed by atoms with Gasteiger partial charge in [-0.25, -0.2) is 24.0 Å². The minimum Gasteiger partial charge on any atom is -0.461 e. The second kappa shape index (κ2) is 9.57. The molecule has 13 nitrogen and oxygen atoms in total. The Hall–Kier alpha value is -2.68. The van der Waals surface area contributed by atoms with Crippen molar-refractivity contribution in [1.29, 1.82) is 0 Å². The Balaban J connectivity index is 1.32. The number of nitrogens with two attached hydrogens (primary N) is 1. The molecular weight excluding hydrogens is 578 g/mol. The lowest BCUT2D eigenvalue weighted by molar-refractivity contribution is -0.142. The van der Waals surface area contributed by atoms with E-state index < -0.39 is 43.3 Å². The second-order valence-corrected chi connectivity index (χ2v) is 11.5. The predicted molar refractivity (Wildman–Crippen MR) is 130 cm³/mol. The highest BCUT2D eigenvalue weighted by Crippen LogP contribution is 2.52. The Kier molecular flexibility index (Phi) is 6.71. The highest BCUT2D eigenvalue weighted by atomic mass is 79.9. The monoisotopic (exact) mass is 600 g/mol. The normalized spacial score (nSPS) is 29.2. The maximum Gasteiger partial charge on any atom is 0.459 e. The number of carbonyl (C=O) groups is 1. The van der Waals surface area contributed by atoms with Gasteiger partial charge in [-0.2, -0.15) is 0 Å². The minimum absolute atomic E-state index is 0.0287. The topological polar surface area (TPSA) is 173 Å². The molecule has 0 amide bonds. The molecule has 0 aromatic carbocycles. The lowest BCUT2D eigenvalue weighted by Crippen LogP contribution is -2.38. The largest absolute Gasteiger partial charge is 0.461 e. The smallest absolute Gasteiger partial charge is 0.459 e. The zero-order valence-electron chi connectivity index (χ0n) is 19.6. The summed E-state index contributed by atoms with van der Waals surface area (Å²) in [5, 5.41) is 13.9. The third kappa shape index (κ3) is 4.71. The maximum absolute atomic E-state index is 15.6. The lowest BCUT2D eigenvalue weighted by atomic mass is 10.1. The van der Waals surface area contributed by atoms with E-state index in [0.29, 0.717) is 27.9 Å². The molecule has 1 fully saturated rings. The number of fused-ring (bicyclic) bond motifs is 2. The molecule has 3 unspecified atom stereocenters. The first kappa shape index (κ1) is 25.9. The molecule has 0 bridgehead atoms. The number of pyridine rings is 1. The van der Waals surface area contributed by atoms with Crippen molar-refractivity contribution in [2.45, 2.75) is 50.0 Å². The minimum atomic E-state index is -3.95. The van der Waals surface area contributed by atoms with Gasteiger partial charge in [0.2, 0.25) is 4.58 Å². The standard InChI is InChI=1S/C21H23BrFN6O7P/c1-10-16-14(12(5-25-10)7-33-11(2)30)6-28-37(32,36-16)34-8-15-17(31)21(22,23)20(35-15)29-4-3-13-18(24)26-9-27-19(13)29/h3-5,9,15,17,20,31H,6-8H2,1-2H3,(H,28,32)(H2,24,26,27)/t15-,17?,20-,21?,37?/m1/s1. The molecule has 5 heterocycles. The van der Waals surface area contributed by atoms with Crippen LogP contribution in [-0.2, 0) is 36.5 Å². The quantitative estimate of drug-likeness (QED) is 0.214. The van der Waals surface area contributed by atoms with Gasteiger partial charge in [0.25, 0.3) is 0 Å². The fourth-order valence-electron chi connectivity index (χ4n) is 4.15. The molecule has 4 N–H and O–H groups in total. The van der Waals surface area contributed by atoms with Crippen molar-refractivity contribution < 1.29 is 37.4 Å². The van der Waals surface area contributed by atoms with E-state index in [4.69, 9.17) is 24.3 Å². The van der Waals surface area contributed by atoms with Crippen LogP contribution in [0.3, 0.4) is 0 Å². The van der Waals surface area contributed by atoms with Crippen LogP contribution in [-0.4, -0.2) is 54.0 Å². The van der Waals surface area contributed by atoms with Crippen LogP contribution in [0.5, 0.6) is 5.75 Å². The van der Waals surface area contributed by atoms with Crippen molar-refractivity contribution in [1.82, 2.24) is 24.6 Å². The van der Waals surface area contributed by atoms with Gasteiger partial charge in [-0.15, -0.1) is 0 Å². The Morgan fingerprint density at radius 3 is 3.00 bits per heavy atom. The van der Waals surface area contributed by atoms with Crippen LogP contribution in [0.2, 0.25) is 0 Å². The molecule has 0 radical (unpaired) electrons. The number of aromatic nitrogens is 4. The molecule has 2 aliphatic heterocycles. The number of ether oxygens (including phenoxy) is 2. The number of nitrogen functional groups attached to an aromatic ring is 1. The summed E-state index contributed by atoms with van der Waals surface area (Å²) in [5.41, 5.74) is 7.82. The fourth-order valence-corrected chi connectivity index (χ4v) is 6.16. The van der Waals surface area contributed by atoms with Gasteiger partial charge in [0.15, 0.2) is 12.0 Å². The van der Waals surface area contributed by atoms with Gasteiger partial charge < -0.3 is 29.4 Å². The van der Waals surface area contributed by atoms with E-state index in [1.54, 1.807) is 19.2 Å². The summed E-state index contributed by atoms with van der Waals surface area (Å²) < 4.78 is 49.9. The van der Waals surface area contributed by atoms with Crippen LogP contribution in [0.1, 0.15) is 30.0 Å². The molecule has 198 valence electrons. The number of aliphatic hydroxyl groups is 1. The average Bonchev–Trinajstić information content (AvgIpc) is 3.37. The van der Waals surface area contributed by atoms with Crippen LogP contribution in [0.25, 0.3) is 11.0 Å². The molecule has 5 rings (SSSR count). The van der Waals surface area contributed by atoms with Crippen LogP contribution in [0, 0.1) is 6.92 Å². The van der Waals surface area contributed by atoms with Gasteiger partial charge in [0.1, 0.15) is 36.6 Å². The number of hydrogen-bond acceptors (Lipinski definition) is 11. The van der Waals surface area contributed by atoms with Gasteiger partial charge in [-0.3, -0.25) is 14.3 Å². The Bertz CT molecular complexity index is 1420. The number of alkyl halides is 2. The lowest BCUT2D eigenvalue weighted by Gasteiger charge is -2.29. The van der Waals surface area contributed by atoms with E-state index in [2.05, 4.69) is 36.0 Å². The summed E-state index contributed by atoms with van der Waals surface area (Å²) in [7, 11) is -3.95. The first-order valence-corrected chi connectivity index (χ1v) is 13.4. The number of hydrogen-bond donors (Lipinski definition) is 3. The highest BCUT2D eigenvalue weighted by molar-refractivity contribution is 9.10. The zero-order chi connectivity index (χ0) is 26.5. The summed E-state index contributed by atoms with van der Waals surface area (Å²) in [6.07, 6.45) is 0.0237. The molecule has 0 spiro atoms. The number of aryl methyl sites for hydroxylation is 1. The number of halogens is 2. The van der Waals surface area contributed by atoms with Crippen molar-refractivity contribution in [2.75, 3.05) is 12.3 Å². The molecule has 16 heteroatoms. The van der Waals surface area contributed by atoms with Gasteiger partial charge in [0.05, 0.1) is 17.7 Å². The third-order valence-electron chi connectivity index (χ3n) is 6.08. The first-order chi connectivity index (χ1) is 17.5. The van der Waals surface area contributed by atoms with E-state index in [9.17, 15) is 14.5 Å². The Morgan fingerprint density at radius 1 is 1.46 bits per heavy atom. The molecule has 0 aliphatic carbocycles. The second-order valence-electron chi connectivity index (χ2n) is 8.54. The average molecular weight is 601 g/mol. The molecule has 37 heavy (non-hydrogen) atoms. The van der Waals surface area contributed by atoms with Crippen LogP contribution >= 0.6 is 23.7 Å². The Morgan fingerprint density at radius 2 is 2.24 bits per heavy atom. The summed E-state index contributed by atoms with van der Waals surface area (Å²) in [4.78, 5) is 23.4. The number of nitrogens with zero attached hydrogens (tertiary/aromatic N) is 4. The van der Waals surface area contributed by atoms with Crippen molar-refractivity contribution in [3.63, 3.8) is 0 Å². The van der Waals surface area contributed by atoms with Crippen LogP contribution in [0.4, 0.5) is 10.2 Å². The van der Waals surface area contributed by atoms with Crippen molar-refractivity contribution in [3.05, 3.63) is 41.6 Å². The fraction of sp³-hybridized carbons (Fsp3) is 0.429. The van der Waals surface area contributed by atoms with E-state index in [-0.39, 0.29) is 24.7 Å². The van der Waals surface area contributed by atoms with E-state index in [1.807, 2.05) is 0 Å². The van der Waals surface area contributed by atoms with Crippen LogP contribution < -0.4 is 15.3 Å². The summed E-state index contributed by atoms with van der Waals surface area (Å²) >= 11 is 2.93. The van der Waals surface area contributed by atoms with Gasteiger partial charge in [0, 0.05) is 37.0 Å². The van der Waals surface area contributed by atoms with Gasteiger partial charge in [-0.05, 0) is 28.9 Å².